The van der Waals surface area contributed by atoms with E-state index in [-0.39, 0.29) is 24.3 Å². The number of carbonyl (C=O) groups excluding carboxylic acids is 1. The van der Waals surface area contributed by atoms with Gasteiger partial charge in [0, 0.05) is 37.0 Å². The molecule has 166 valence electrons. The summed E-state index contributed by atoms with van der Waals surface area (Å²) in [5, 5.41) is 4.78. The van der Waals surface area contributed by atoms with Crippen LogP contribution in [0.2, 0.25) is 0 Å². The molecule has 1 fully saturated rings. The molecule has 1 saturated carbocycles. The van der Waals surface area contributed by atoms with Gasteiger partial charge in [0.15, 0.2) is 0 Å². The highest BCUT2D eigenvalue weighted by molar-refractivity contribution is 7.25. The molecule has 0 amide bonds. The third-order valence-electron chi connectivity index (χ3n) is 6.20. The molecule has 5 nitrogen and oxygen atoms in total. The first kappa shape index (κ1) is 21.3. The lowest BCUT2D eigenvalue weighted by Gasteiger charge is -2.14. The zero-order chi connectivity index (χ0) is 22.9. The third-order valence-corrected chi connectivity index (χ3v) is 7.33. The van der Waals surface area contributed by atoms with Gasteiger partial charge in [-0.05, 0) is 35.0 Å². The molecule has 3 aromatic carbocycles. The summed E-state index contributed by atoms with van der Waals surface area (Å²) >= 11 is 1.65. The monoisotopic (exact) mass is 457 g/mol. The molecule has 5 aromatic rings. The number of hydrogen-bond donors (Lipinski definition) is 0. The quantitative estimate of drug-likeness (QED) is 0.152. The summed E-state index contributed by atoms with van der Waals surface area (Å²) in [7, 11) is 0. The summed E-state index contributed by atoms with van der Waals surface area (Å²) < 4.78 is 8.28. The molecule has 0 spiro atoms. The van der Waals surface area contributed by atoms with Gasteiger partial charge in [0.2, 0.25) is 0 Å². The number of aromatic nitrogens is 1. The molecule has 1 aliphatic carbocycles. The van der Waals surface area contributed by atoms with E-state index in [0.29, 0.717) is 16.2 Å². The van der Waals surface area contributed by atoms with Gasteiger partial charge in [-0.15, -0.1) is 11.3 Å². The van der Waals surface area contributed by atoms with Crippen LogP contribution in [0.3, 0.4) is 0 Å². The molecule has 6 heteroatoms. The molecule has 0 bridgehead atoms. The van der Waals surface area contributed by atoms with Crippen molar-refractivity contribution < 1.29 is 9.53 Å². The zero-order valence-electron chi connectivity index (χ0n) is 18.1. The van der Waals surface area contributed by atoms with Crippen LogP contribution in [0, 0.1) is 0 Å². The van der Waals surface area contributed by atoms with Crippen molar-refractivity contribution in [3.63, 3.8) is 0 Å². The van der Waals surface area contributed by atoms with Crippen molar-refractivity contribution >= 4 is 59.0 Å². The van der Waals surface area contributed by atoms with Gasteiger partial charge in [0.1, 0.15) is 6.61 Å². The van der Waals surface area contributed by atoms with E-state index in [9.17, 15) is 14.4 Å². The van der Waals surface area contributed by atoms with Crippen molar-refractivity contribution in [1.29, 1.82) is 0 Å². The lowest BCUT2D eigenvalue weighted by Crippen LogP contribution is -2.35. The van der Waals surface area contributed by atoms with E-state index in [4.69, 9.17) is 4.74 Å². The standard InChI is InChI=1S/C23H15NO4S.C4H8/c1-2-19(25)28-12-11-24-22(26)15-8-7-14-13-5-3-4-6-17(13)29-18-10-9-16(23(24)27)20(15)21(14)18;1-2-4-3-1/h2-10H,1,11-12H2;1-4H2. The van der Waals surface area contributed by atoms with Crippen LogP contribution in [0.4, 0.5) is 0 Å². The average molecular weight is 458 g/mol. The average Bonchev–Trinajstić information content (AvgIpc) is 2.79. The van der Waals surface area contributed by atoms with Crippen molar-refractivity contribution in [2.24, 2.45) is 0 Å². The van der Waals surface area contributed by atoms with Gasteiger partial charge < -0.3 is 4.74 Å². The van der Waals surface area contributed by atoms with Crippen molar-refractivity contribution in [1.82, 2.24) is 4.57 Å². The maximum atomic E-state index is 13.1. The first-order valence-electron chi connectivity index (χ1n) is 11.1. The Morgan fingerprint density at radius 2 is 1.48 bits per heavy atom. The first-order valence-corrected chi connectivity index (χ1v) is 11.9. The number of hydrogen-bond acceptors (Lipinski definition) is 5. The second kappa shape index (κ2) is 8.79. The second-order valence-electron chi connectivity index (χ2n) is 8.17. The number of ether oxygens (including phenoxy) is 1. The highest BCUT2D eigenvalue weighted by atomic mass is 32.1. The molecule has 0 saturated heterocycles. The van der Waals surface area contributed by atoms with Crippen LogP contribution < -0.4 is 11.1 Å². The Morgan fingerprint density at radius 3 is 2.15 bits per heavy atom. The van der Waals surface area contributed by atoms with Crippen LogP contribution >= 0.6 is 11.3 Å². The Kier molecular flexibility index (Phi) is 5.68. The Labute approximate surface area is 193 Å². The molecule has 2 heterocycles. The van der Waals surface area contributed by atoms with Crippen LogP contribution in [0.5, 0.6) is 0 Å². The Hall–Kier alpha value is -3.51. The van der Waals surface area contributed by atoms with Crippen molar-refractivity contribution in [2.75, 3.05) is 6.61 Å². The molecule has 2 aromatic heterocycles. The van der Waals surface area contributed by atoms with E-state index in [0.717, 1.165) is 36.2 Å². The second-order valence-corrected chi connectivity index (χ2v) is 9.25. The van der Waals surface area contributed by atoms with Gasteiger partial charge in [-0.3, -0.25) is 14.2 Å². The maximum absolute atomic E-state index is 13.1. The van der Waals surface area contributed by atoms with E-state index < -0.39 is 5.97 Å². The van der Waals surface area contributed by atoms with Crippen LogP contribution in [0.15, 0.2) is 70.8 Å². The summed E-state index contributed by atoms with van der Waals surface area (Å²) in [6.07, 6.45) is 7.05. The Bertz CT molecular complexity index is 1590. The maximum Gasteiger partial charge on any atom is 0.330 e. The lowest BCUT2D eigenvalue weighted by atomic mass is 9.98. The minimum Gasteiger partial charge on any atom is -0.461 e. The number of nitrogens with zero attached hydrogens (tertiary/aromatic N) is 1. The van der Waals surface area contributed by atoms with Crippen LogP contribution in [-0.2, 0) is 16.1 Å². The predicted molar refractivity (Wildman–Crippen MR) is 136 cm³/mol. The van der Waals surface area contributed by atoms with Gasteiger partial charge >= 0.3 is 5.97 Å². The number of fused-ring (bicyclic) bond motifs is 2. The predicted octanol–water partition coefficient (Wildman–Crippen LogP) is 5.61. The normalized spacial score (nSPS) is 13.1. The third kappa shape index (κ3) is 3.70. The number of pyridine rings is 1. The summed E-state index contributed by atoms with van der Waals surface area (Å²) in [5.74, 6) is -0.587. The molecular formula is C27H23NO4S. The molecule has 1 aliphatic rings. The molecule has 0 N–H and O–H groups in total. The molecule has 33 heavy (non-hydrogen) atoms. The highest BCUT2D eigenvalue weighted by Gasteiger charge is 2.18. The van der Waals surface area contributed by atoms with E-state index in [1.165, 1.54) is 25.7 Å². The summed E-state index contributed by atoms with van der Waals surface area (Å²) in [5.41, 5.74) is -0.741. The molecular weight excluding hydrogens is 434 g/mol. The number of rotatable bonds is 4. The van der Waals surface area contributed by atoms with E-state index in [1.807, 2.05) is 24.3 Å². The Morgan fingerprint density at radius 1 is 0.848 bits per heavy atom. The number of esters is 1. The number of benzene rings is 3. The molecule has 0 atom stereocenters. The van der Waals surface area contributed by atoms with Crippen LogP contribution in [0.25, 0.3) is 41.7 Å². The van der Waals surface area contributed by atoms with Gasteiger partial charge in [-0.2, -0.15) is 0 Å². The van der Waals surface area contributed by atoms with Gasteiger partial charge in [0.05, 0.1) is 6.54 Å². The SMILES string of the molecule is C1CCC1.C=CC(=O)OCCn1c(=O)c2ccc3sc4ccccc4c4ccc(c1=O)c2c34. The van der Waals surface area contributed by atoms with Crippen molar-refractivity contribution in [3.8, 4) is 0 Å². The van der Waals surface area contributed by atoms with E-state index in [2.05, 4.69) is 18.7 Å². The van der Waals surface area contributed by atoms with Gasteiger partial charge in [-0.1, -0.05) is 56.5 Å². The molecule has 6 rings (SSSR count). The molecule has 0 unspecified atom stereocenters. The minimum absolute atomic E-state index is 0.000728. The topological polar surface area (TPSA) is 65.4 Å². The van der Waals surface area contributed by atoms with E-state index in [1.54, 1.807) is 23.5 Å². The fourth-order valence-electron chi connectivity index (χ4n) is 4.16. The summed E-state index contributed by atoms with van der Waals surface area (Å²) in [4.78, 5) is 37.4. The zero-order valence-corrected chi connectivity index (χ0v) is 19.0. The van der Waals surface area contributed by atoms with E-state index >= 15 is 0 Å². The smallest absolute Gasteiger partial charge is 0.330 e. The van der Waals surface area contributed by atoms with Gasteiger partial charge in [-0.25, -0.2) is 4.79 Å². The lowest BCUT2D eigenvalue weighted by molar-refractivity contribution is -0.138. The van der Waals surface area contributed by atoms with Gasteiger partial charge in [0.25, 0.3) is 11.1 Å². The fraction of sp³-hybridized carbons (Fsp3) is 0.222. The summed E-state index contributed by atoms with van der Waals surface area (Å²) in [6.45, 7) is 3.26. The Balaban J connectivity index is 0.000000517. The molecule has 0 aliphatic heterocycles. The summed E-state index contributed by atoms with van der Waals surface area (Å²) in [6, 6.07) is 15.6. The minimum atomic E-state index is -0.587. The first-order chi connectivity index (χ1) is 16.1. The largest absolute Gasteiger partial charge is 0.461 e. The van der Waals surface area contributed by atoms with Crippen molar-refractivity contribution in [3.05, 3.63) is 81.9 Å². The van der Waals surface area contributed by atoms with Crippen LogP contribution in [0.1, 0.15) is 25.7 Å². The van der Waals surface area contributed by atoms with Crippen molar-refractivity contribution in [2.45, 2.75) is 32.2 Å². The highest BCUT2D eigenvalue weighted by Crippen LogP contribution is 2.39. The fourth-order valence-corrected chi connectivity index (χ4v) is 5.28. The number of carbonyl (C=O) groups is 1. The van der Waals surface area contributed by atoms with Crippen LogP contribution in [-0.4, -0.2) is 17.1 Å². The molecule has 0 radical (unpaired) electrons.